The highest BCUT2D eigenvalue weighted by Crippen LogP contribution is 2.15. The minimum Gasteiger partial charge on any atom is -0.466 e. The van der Waals surface area contributed by atoms with Gasteiger partial charge in [-0.3, -0.25) is 4.79 Å². The molecule has 0 aliphatic rings. The molecule has 3 rings (SSSR count). The standard InChI is InChI=1S/C17H16ClN3O2/c1-11-7-13(12(2)23-11)8-19-17(22)14-9-20-21(10-14)16-5-3-15(18)4-6-16/h3-7,9-10H,8H2,1-2H3,(H,19,22). The summed E-state index contributed by atoms with van der Waals surface area (Å²) < 4.78 is 7.08. The second-order valence-corrected chi connectivity index (χ2v) is 5.71. The predicted octanol–water partition coefficient (Wildman–Crippen LogP) is 3.67. The number of aryl methyl sites for hydroxylation is 2. The Morgan fingerprint density at radius 3 is 2.70 bits per heavy atom. The Morgan fingerprint density at radius 2 is 2.04 bits per heavy atom. The number of nitrogens with zero attached hydrogens (tertiary/aromatic N) is 2. The molecular weight excluding hydrogens is 314 g/mol. The van der Waals surface area contributed by atoms with E-state index in [1.807, 2.05) is 32.0 Å². The van der Waals surface area contributed by atoms with Crippen LogP contribution in [0.2, 0.25) is 5.02 Å². The zero-order chi connectivity index (χ0) is 16.4. The number of nitrogens with one attached hydrogen (secondary N) is 1. The van der Waals surface area contributed by atoms with Crippen LogP contribution in [0, 0.1) is 13.8 Å². The minimum atomic E-state index is -0.177. The van der Waals surface area contributed by atoms with E-state index in [4.69, 9.17) is 16.0 Å². The van der Waals surface area contributed by atoms with Crippen molar-refractivity contribution in [2.24, 2.45) is 0 Å². The summed E-state index contributed by atoms with van der Waals surface area (Å²) in [6.45, 7) is 4.19. The topological polar surface area (TPSA) is 60.1 Å². The Kier molecular flexibility index (Phi) is 4.21. The third-order valence-corrected chi connectivity index (χ3v) is 3.77. The van der Waals surface area contributed by atoms with Crippen molar-refractivity contribution < 1.29 is 9.21 Å². The number of carbonyl (C=O) groups excluding carboxylic acids is 1. The molecule has 0 aliphatic carbocycles. The predicted molar refractivity (Wildman–Crippen MR) is 87.9 cm³/mol. The van der Waals surface area contributed by atoms with Crippen molar-refractivity contribution >= 4 is 17.5 Å². The fraction of sp³-hybridized carbons (Fsp3) is 0.176. The summed E-state index contributed by atoms with van der Waals surface area (Å²) in [5, 5.41) is 7.74. The van der Waals surface area contributed by atoms with Gasteiger partial charge in [-0.1, -0.05) is 11.6 Å². The number of carbonyl (C=O) groups is 1. The number of amides is 1. The first-order valence-corrected chi connectivity index (χ1v) is 7.55. The summed E-state index contributed by atoms with van der Waals surface area (Å²) in [6, 6.07) is 9.17. The number of hydrogen-bond acceptors (Lipinski definition) is 3. The summed E-state index contributed by atoms with van der Waals surface area (Å²) in [7, 11) is 0. The Hall–Kier alpha value is -2.53. The van der Waals surface area contributed by atoms with Gasteiger partial charge in [0.15, 0.2) is 0 Å². The van der Waals surface area contributed by atoms with Crippen LogP contribution in [0.4, 0.5) is 0 Å². The van der Waals surface area contributed by atoms with Crippen molar-refractivity contribution in [3.05, 3.63) is 70.4 Å². The van der Waals surface area contributed by atoms with Crippen molar-refractivity contribution in [3.8, 4) is 5.69 Å². The quantitative estimate of drug-likeness (QED) is 0.794. The molecule has 2 heterocycles. The van der Waals surface area contributed by atoms with Gasteiger partial charge in [0.2, 0.25) is 0 Å². The summed E-state index contributed by atoms with van der Waals surface area (Å²) in [5.41, 5.74) is 2.31. The normalized spacial score (nSPS) is 10.7. The Labute approximate surface area is 138 Å². The second-order valence-electron chi connectivity index (χ2n) is 5.27. The molecule has 0 saturated heterocycles. The highest BCUT2D eigenvalue weighted by molar-refractivity contribution is 6.30. The molecule has 0 saturated carbocycles. The molecule has 1 amide bonds. The van der Waals surface area contributed by atoms with Crippen LogP contribution in [0.5, 0.6) is 0 Å². The van der Waals surface area contributed by atoms with Crippen molar-refractivity contribution in [2.75, 3.05) is 0 Å². The third-order valence-electron chi connectivity index (χ3n) is 3.52. The van der Waals surface area contributed by atoms with E-state index in [1.54, 1.807) is 23.0 Å². The molecular formula is C17H16ClN3O2. The molecule has 0 spiro atoms. The average molecular weight is 330 g/mol. The lowest BCUT2D eigenvalue weighted by atomic mass is 10.2. The molecule has 0 fully saturated rings. The monoisotopic (exact) mass is 329 g/mol. The summed E-state index contributed by atoms with van der Waals surface area (Å²) in [6.07, 6.45) is 3.23. The molecule has 1 aromatic carbocycles. The zero-order valence-corrected chi connectivity index (χ0v) is 13.6. The van der Waals surface area contributed by atoms with Gasteiger partial charge in [-0.2, -0.15) is 5.10 Å². The van der Waals surface area contributed by atoms with Crippen LogP contribution >= 0.6 is 11.6 Å². The highest BCUT2D eigenvalue weighted by Gasteiger charge is 2.11. The lowest BCUT2D eigenvalue weighted by Gasteiger charge is -2.02. The zero-order valence-electron chi connectivity index (χ0n) is 12.8. The van der Waals surface area contributed by atoms with Gasteiger partial charge in [0, 0.05) is 23.3 Å². The number of furan rings is 1. The van der Waals surface area contributed by atoms with Gasteiger partial charge in [-0.05, 0) is 44.2 Å². The van der Waals surface area contributed by atoms with E-state index in [2.05, 4.69) is 10.4 Å². The van der Waals surface area contributed by atoms with Crippen molar-refractivity contribution in [1.82, 2.24) is 15.1 Å². The van der Waals surface area contributed by atoms with E-state index in [1.165, 1.54) is 6.20 Å². The fourth-order valence-corrected chi connectivity index (χ4v) is 2.44. The van der Waals surface area contributed by atoms with Crippen LogP contribution in [0.3, 0.4) is 0 Å². The maximum Gasteiger partial charge on any atom is 0.254 e. The van der Waals surface area contributed by atoms with Gasteiger partial charge in [0.1, 0.15) is 11.5 Å². The Bertz CT molecular complexity index is 834. The van der Waals surface area contributed by atoms with Gasteiger partial charge < -0.3 is 9.73 Å². The Balaban J connectivity index is 1.69. The van der Waals surface area contributed by atoms with Crippen molar-refractivity contribution in [2.45, 2.75) is 20.4 Å². The first-order valence-electron chi connectivity index (χ1n) is 7.17. The van der Waals surface area contributed by atoms with Gasteiger partial charge >= 0.3 is 0 Å². The largest absolute Gasteiger partial charge is 0.466 e. The van der Waals surface area contributed by atoms with E-state index in [0.29, 0.717) is 17.1 Å². The van der Waals surface area contributed by atoms with Crippen LogP contribution in [0.25, 0.3) is 5.69 Å². The number of aromatic nitrogens is 2. The van der Waals surface area contributed by atoms with Crippen LogP contribution in [-0.2, 0) is 6.54 Å². The van der Waals surface area contributed by atoms with E-state index < -0.39 is 0 Å². The number of benzene rings is 1. The molecule has 3 aromatic rings. The van der Waals surface area contributed by atoms with Gasteiger partial charge in [0.25, 0.3) is 5.91 Å². The lowest BCUT2D eigenvalue weighted by molar-refractivity contribution is 0.0951. The minimum absolute atomic E-state index is 0.177. The molecule has 1 N–H and O–H groups in total. The van der Waals surface area contributed by atoms with Crippen molar-refractivity contribution in [3.63, 3.8) is 0 Å². The number of hydrogen-bond donors (Lipinski definition) is 1. The molecule has 0 unspecified atom stereocenters. The molecule has 0 bridgehead atoms. The highest BCUT2D eigenvalue weighted by atomic mass is 35.5. The molecule has 118 valence electrons. The third kappa shape index (κ3) is 3.46. The van der Waals surface area contributed by atoms with Crippen LogP contribution < -0.4 is 5.32 Å². The molecule has 6 heteroatoms. The van der Waals surface area contributed by atoms with Crippen molar-refractivity contribution in [1.29, 1.82) is 0 Å². The SMILES string of the molecule is Cc1cc(CNC(=O)c2cnn(-c3ccc(Cl)cc3)c2)c(C)o1. The van der Waals surface area contributed by atoms with Crippen LogP contribution in [0.1, 0.15) is 27.4 Å². The first-order chi connectivity index (χ1) is 11.0. The summed E-state index contributed by atoms with van der Waals surface area (Å²) >= 11 is 5.87. The summed E-state index contributed by atoms with van der Waals surface area (Å²) in [5.74, 6) is 1.48. The fourth-order valence-electron chi connectivity index (χ4n) is 2.31. The molecule has 0 radical (unpaired) electrons. The maximum absolute atomic E-state index is 12.2. The average Bonchev–Trinajstić information content (AvgIpc) is 3.12. The Morgan fingerprint density at radius 1 is 1.30 bits per heavy atom. The van der Waals surface area contributed by atoms with E-state index in [9.17, 15) is 4.79 Å². The van der Waals surface area contributed by atoms with Gasteiger partial charge in [0.05, 0.1) is 17.4 Å². The number of rotatable bonds is 4. The molecule has 2 aromatic heterocycles. The van der Waals surface area contributed by atoms with E-state index in [0.717, 1.165) is 22.8 Å². The second kappa shape index (κ2) is 6.30. The van der Waals surface area contributed by atoms with Crippen LogP contribution in [-0.4, -0.2) is 15.7 Å². The molecule has 5 nitrogen and oxygen atoms in total. The lowest BCUT2D eigenvalue weighted by Crippen LogP contribution is -2.22. The maximum atomic E-state index is 12.2. The first kappa shape index (κ1) is 15.4. The van der Waals surface area contributed by atoms with E-state index >= 15 is 0 Å². The molecule has 0 atom stereocenters. The van der Waals surface area contributed by atoms with E-state index in [-0.39, 0.29) is 5.91 Å². The van der Waals surface area contributed by atoms with Gasteiger partial charge in [-0.15, -0.1) is 0 Å². The van der Waals surface area contributed by atoms with Crippen LogP contribution in [0.15, 0.2) is 47.1 Å². The number of halogens is 1. The summed E-state index contributed by atoms with van der Waals surface area (Å²) in [4.78, 5) is 12.2. The molecule has 0 aliphatic heterocycles. The smallest absolute Gasteiger partial charge is 0.254 e. The molecule has 23 heavy (non-hydrogen) atoms. The van der Waals surface area contributed by atoms with Gasteiger partial charge in [-0.25, -0.2) is 4.68 Å².